The number of carbonyl (C=O) groups excluding carboxylic acids is 1. The van der Waals surface area contributed by atoms with Gasteiger partial charge in [-0.25, -0.2) is 0 Å². The first-order chi connectivity index (χ1) is 11.0. The topological polar surface area (TPSA) is 73.9 Å². The highest BCUT2D eigenvalue weighted by molar-refractivity contribution is 5.66. The zero-order chi connectivity index (χ0) is 17.3. The minimum absolute atomic E-state index is 0.0113. The van der Waals surface area contributed by atoms with Gasteiger partial charge in [0.25, 0.3) is 0 Å². The molecular weight excluding hydrogens is 288 g/mol. The van der Waals surface area contributed by atoms with E-state index in [4.69, 9.17) is 4.74 Å². The van der Waals surface area contributed by atoms with Crippen molar-refractivity contribution in [3.8, 4) is 24.0 Å². The van der Waals surface area contributed by atoms with Crippen molar-refractivity contribution < 1.29 is 9.53 Å². The quantitative estimate of drug-likeness (QED) is 0.568. The van der Waals surface area contributed by atoms with E-state index in [-0.39, 0.29) is 24.4 Å². The second kappa shape index (κ2) is 8.59. The first-order valence-corrected chi connectivity index (χ1v) is 8.37. The van der Waals surface area contributed by atoms with E-state index in [1.54, 1.807) is 0 Å². The van der Waals surface area contributed by atoms with Crippen LogP contribution < -0.4 is 0 Å². The lowest BCUT2D eigenvalue weighted by Gasteiger charge is -2.48. The highest BCUT2D eigenvalue weighted by Crippen LogP contribution is 2.55. The highest BCUT2D eigenvalue weighted by Gasteiger charge is 2.53. The van der Waals surface area contributed by atoms with E-state index in [2.05, 4.69) is 37.8 Å². The predicted octanol–water partition coefficient (Wildman–Crippen LogP) is 3.97. The van der Waals surface area contributed by atoms with Gasteiger partial charge in [-0.3, -0.25) is 4.79 Å². The summed E-state index contributed by atoms with van der Waals surface area (Å²) < 4.78 is 4.78. The lowest BCUT2D eigenvalue weighted by atomic mass is 9.52. The van der Waals surface area contributed by atoms with Crippen LogP contribution in [0.1, 0.15) is 65.7 Å². The molecule has 0 aromatic rings. The Kier molecular flexibility index (Phi) is 7.12. The van der Waals surface area contributed by atoms with Crippen LogP contribution in [0.3, 0.4) is 0 Å². The molecule has 0 amide bonds. The SMILES string of the molecule is CCC[C@@H]1CCCCC1(C)C(C#N)(C#N)CC#CCOC(C)=O. The molecule has 1 fully saturated rings. The van der Waals surface area contributed by atoms with Gasteiger partial charge in [-0.1, -0.05) is 51.4 Å². The van der Waals surface area contributed by atoms with Crippen LogP contribution in [0, 0.1) is 51.3 Å². The molecule has 0 aliphatic heterocycles. The van der Waals surface area contributed by atoms with E-state index in [1.165, 1.54) is 13.3 Å². The van der Waals surface area contributed by atoms with E-state index < -0.39 is 5.41 Å². The zero-order valence-electron chi connectivity index (χ0n) is 14.4. The maximum Gasteiger partial charge on any atom is 0.303 e. The number of nitrogens with zero attached hydrogens (tertiary/aromatic N) is 2. The maximum absolute atomic E-state index is 10.7. The molecule has 0 N–H and O–H groups in total. The molecule has 23 heavy (non-hydrogen) atoms. The van der Waals surface area contributed by atoms with Crippen molar-refractivity contribution in [3.05, 3.63) is 0 Å². The smallest absolute Gasteiger partial charge is 0.303 e. The summed E-state index contributed by atoms with van der Waals surface area (Å²) in [6, 6.07) is 4.58. The average Bonchev–Trinajstić information content (AvgIpc) is 2.53. The summed E-state index contributed by atoms with van der Waals surface area (Å²) >= 11 is 0. The number of hydrogen-bond donors (Lipinski definition) is 0. The Morgan fingerprint density at radius 2 is 2.00 bits per heavy atom. The van der Waals surface area contributed by atoms with Gasteiger partial charge in [0.1, 0.15) is 0 Å². The molecule has 0 aromatic carbocycles. The van der Waals surface area contributed by atoms with Gasteiger partial charge in [0, 0.05) is 18.8 Å². The van der Waals surface area contributed by atoms with Crippen molar-refractivity contribution in [1.29, 1.82) is 10.5 Å². The second-order valence-corrected chi connectivity index (χ2v) is 6.59. The van der Waals surface area contributed by atoms with Crippen LogP contribution in [0.15, 0.2) is 0 Å². The number of ether oxygens (including phenoxy) is 1. The Balaban J connectivity index is 3.00. The molecule has 1 aliphatic rings. The minimum atomic E-state index is -1.10. The molecule has 0 radical (unpaired) electrons. The monoisotopic (exact) mass is 314 g/mol. The number of esters is 1. The van der Waals surface area contributed by atoms with E-state index in [9.17, 15) is 15.3 Å². The summed E-state index contributed by atoms with van der Waals surface area (Å²) in [4.78, 5) is 10.7. The molecule has 4 heteroatoms. The molecule has 1 rings (SSSR count). The Bertz CT molecular complexity index is 543. The van der Waals surface area contributed by atoms with Gasteiger partial charge in [0.05, 0.1) is 12.1 Å². The molecule has 0 spiro atoms. The fourth-order valence-corrected chi connectivity index (χ4v) is 3.72. The second-order valence-electron chi connectivity index (χ2n) is 6.59. The molecule has 1 saturated carbocycles. The molecule has 1 aliphatic carbocycles. The molecule has 0 aromatic heterocycles. The fourth-order valence-electron chi connectivity index (χ4n) is 3.72. The van der Waals surface area contributed by atoms with Gasteiger partial charge in [-0.2, -0.15) is 10.5 Å². The first kappa shape index (κ1) is 19.1. The van der Waals surface area contributed by atoms with Crippen molar-refractivity contribution in [3.63, 3.8) is 0 Å². The molecule has 2 atom stereocenters. The van der Waals surface area contributed by atoms with E-state index in [0.717, 1.165) is 32.1 Å². The Morgan fingerprint density at radius 3 is 2.57 bits per heavy atom. The summed E-state index contributed by atoms with van der Waals surface area (Å²) in [7, 11) is 0. The third kappa shape index (κ3) is 4.27. The van der Waals surface area contributed by atoms with E-state index in [1.807, 2.05) is 0 Å². The van der Waals surface area contributed by atoms with E-state index in [0.29, 0.717) is 5.92 Å². The molecule has 1 unspecified atom stereocenters. The Morgan fingerprint density at radius 1 is 1.30 bits per heavy atom. The Labute approximate surface area is 139 Å². The van der Waals surface area contributed by atoms with Crippen molar-refractivity contribution in [2.75, 3.05) is 6.61 Å². The summed E-state index contributed by atoms with van der Waals surface area (Å²) in [6.45, 7) is 5.58. The van der Waals surface area contributed by atoms with Gasteiger partial charge >= 0.3 is 5.97 Å². The molecule has 0 heterocycles. The van der Waals surface area contributed by atoms with Crippen LogP contribution in [-0.4, -0.2) is 12.6 Å². The Hall–Kier alpha value is -1.99. The normalized spacial score (nSPS) is 23.8. The molecule has 0 saturated heterocycles. The van der Waals surface area contributed by atoms with Gasteiger partial charge in [0.2, 0.25) is 0 Å². The summed E-state index contributed by atoms with van der Waals surface area (Å²) in [6.07, 6.45) is 6.51. The molecule has 124 valence electrons. The van der Waals surface area contributed by atoms with Crippen molar-refractivity contribution in [2.24, 2.45) is 16.7 Å². The van der Waals surface area contributed by atoms with Gasteiger partial charge in [0.15, 0.2) is 12.0 Å². The predicted molar refractivity (Wildman–Crippen MR) is 87.7 cm³/mol. The van der Waals surface area contributed by atoms with Crippen LogP contribution in [0.5, 0.6) is 0 Å². The van der Waals surface area contributed by atoms with Crippen molar-refractivity contribution >= 4 is 5.97 Å². The third-order valence-corrected chi connectivity index (χ3v) is 5.22. The number of hydrogen-bond acceptors (Lipinski definition) is 4. The molecule has 4 nitrogen and oxygen atoms in total. The van der Waals surface area contributed by atoms with Crippen LogP contribution in [0.4, 0.5) is 0 Å². The van der Waals surface area contributed by atoms with Crippen LogP contribution in [0.2, 0.25) is 0 Å². The summed E-state index contributed by atoms with van der Waals surface area (Å²) in [5, 5.41) is 19.6. The summed E-state index contributed by atoms with van der Waals surface area (Å²) in [5.41, 5.74) is -1.43. The first-order valence-electron chi connectivity index (χ1n) is 8.37. The van der Waals surface area contributed by atoms with Crippen molar-refractivity contribution in [1.82, 2.24) is 0 Å². The molecular formula is C19H26N2O2. The number of carbonyl (C=O) groups is 1. The summed E-state index contributed by atoms with van der Waals surface area (Å²) in [5.74, 6) is 5.65. The fraction of sp³-hybridized carbons (Fsp3) is 0.737. The van der Waals surface area contributed by atoms with Gasteiger partial charge < -0.3 is 4.74 Å². The third-order valence-electron chi connectivity index (χ3n) is 5.22. The van der Waals surface area contributed by atoms with Crippen LogP contribution >= 0.6 is 0 Å². The highest BCUT2D eigenvalue weighted by atomic mass is 16.5. The number of rotatable bonds is 5. The number of nitriles is 2. The van der Waals surface area contributed by atoms with Crippen molar-refractivity contribution in [2.45, 2.75) is 65.7 Å². The average molecular weight is 314 g/mol. The maximum atomic E-state index is 10.7. The zero-order valence-corrected chi connectivity index (χ0v) is 14.4. The lowest BCUT2D eigenvalue weighted by molar-refractivity contribution is -0.139. The van der Waals surface area contributed by atoms with Gasteiger partial charge in [-0.05, 0) is 18.8 Å². The van der Waals surface area contributed by atoms with E-state index >= 15 is 0 Å². The standard InChI is InChI=1S/C19H26N2O2/c1-4-9-17-10-5-6-11-18(17,3)19(14-20,15-21)12-7-8-13-23-16(2)22/h17H,4-6,9-13H2,1-3H3/t17-,18?/m1/s1. The van der Waals surface area contributed by atoms with Crippen LogP contribution in [-0.2, 0) is 9.53 Å². The van der Waals surface area contributed by atoms with Crippen LogP contribution in [0.25, 0.3) is 0 Å². The van der Waals surface area contributed by atoms with Gasteiger partial charge in [-0.15, -0.1) is 0 Å². The largest absolute Gasteiger partial charge is 0.453 e. The lowest BCUT2D eigenvalue weighted by Crippen LogP contribution is -2.45. The molecule has 0 bridgehead atoms. The minimum Gasteiger partial charge on any atom is -0.453 e.